The number of benzene rings is 4. The molecule has 0 radical (unpaired) electrons. The number of fused-ring (bicyclic) bond motifs is 4. The van der Waals surface area contributed by atoms with Crippen molar-refractivity contribution in [1.29, 1.82) is 0 Å². The van der Waals surface area contributed by atoms with Crippen LogP contribution >= 0.6 is 0 Å². The summed E-state index contributed by atoms with van der Waals surface area (Å²) >= 11 is 0. The van der Waals surface area contributed by atoms with Gasteiger partial charge in [0.1, 0.15) is 46.5 Å². The van der Waals surface area contributed by atoms with Gasteiger partial charge in [0.25, 0.3) is 22.6 Å². The molecule has 4 heterocycles. The zero-order valence-corrected chi connectivity index (χ0v) is 57.8. The Balaban J connectivity index is 0.000000320. The number of aromatic amines is 1. The molecule has 0 saturated heterocycles. The molecule has 1 N–H and O–H groups in total. The van der Waals surface area contributed by atoms with Crippen molar-refractivity contribution in [3.05, 3.63) is 115 Å². The first-order valence-corrected chi connectivity index (χ1v) is 43.6. The molecule has 3 aromatic heterocycles. The minimum atomic E-state index is -2.52. The van der Waals surface area contributed by atoms with Crippen molar-refractivity contribution in [2.45, 2.75) is 181 Å². The highest BCUT2D eigenvalue weighted by Crippen LogP contribution is 2.39. The number of rotatable bonds is 22. The van der Waals surface area contributed by atoms with Gasteiger partial charge in [0.2, 0.25) is 8.32 Å². The molecule has 0 aliphatic carbocycles. The Morgan fingerprint density at radius 2 is 1.35 bits per heavy atom. The first-order valence-electron chi connectivity index (χ1n) is 30.3. The van der Waals surface area contributed by atoms with E-state index in [1.807, 2.05) is 12.1 Å². The second-order valence-electron chi connectivity index (χ2n) is 27.9. The number of nitrogens with one attached hydrogen (secondary N) is 1. The SMILES string of the molecule is CC(C)(C)[Si](C)(C)OCCCCCN(O[Si](C)(C)C(C)(C)C)C(=O)c1cccc(-c2nc3c(OCOCC[Si](C)(C)C)cccc3n(COCC[Si](C)(C)C)c2=O)c1F.O=c1[nH]c2cccc3c2nc1-c1cccc2c(=O)n(oc12)CCCCCO3. The van der Waals surface area contributed by atoms with Crippen molar-refractivity contribution < 1.29 is 41.6 Å². The molecule has 86 heavy (non-hydrogen) atoms. The van der Waals surface area contributed by atoms with Gasteiger partial charge in [0, 0.05) is 48.1 Å². The summed E-state index contributed by atoms with van der Waals surface area (Å²) in [5, 5.41) is 1.72. The van der Waals surface area contributed by atoms with Crippen molar-refractivity contribution in [3.63, 3.8) is 0 Å². The lowest BCUT2D eigenvalue weighted by atomic mass is 10.1. The fourth-order valence-electron chi connectivity index (χ4n) is 8.95. The molecule has 1 aliphatic heterocycles. The molecular formula is C64H93FN6O11Si4. The van der Waals surface area contributed by atoms with Gasteiger partial charge in [-0.2, -0.15) is 4.74 Å². The number of carbonyl (C=O) groups is 1. The molecule has 7 aromatic rings. The predicted octanol–water partition coefficient (Wildman–Crippen LogP) is 14.8. The van der Waals surface area contributed by atoms with Gasteiger partial charge in [0.05, 0.1) is 40.7 Å². The number of ether oxygens (including phenoxy) is 4. The van der Waals surface area contributed by atoms with E-state index < -0.39 is 50.1 Å². The molecule has 4 aromatic carbocycles. The molecule has 8 rings (SSSR count). The number of hydroxylamine groups is 2. The van der Waals surface area contributed by atoms with Crippen LogP contribution in [0.5, 0.6) is 11.5 Å². The predicted molar refractivity (Wildman–Crippen MR) is 353 cm³/mol. The largest absolute Gasteiger partial charge is 0.491 e. The zero-order chi connectivity index (χ0) is 63.0. The first-order chi connectivity index (χ1) is 40.3. The average Bonchev–Trinajstić information content (AvgIpc) is 1.25. The van der Waals surface area contributed by atoms with Gasteiger partial charge in [-0.3, -0.25) is 23.7 Å². The molecule has 1 aliphatic rings. The van der Waals surface area contributed by atoms with Gasteiger partial charge in [-0.05, 0) is 135 Å². The molecule has 0 saturated carbocycles. The highest BCUT2D eigenvalue weighted by atomic mass is 28.4. The average molecular weight is 1250 g/mol. The van der Waals surface area contributed by atoms with E-state index in [1.54, 1.807) is 48.5 Å². The third kappa shape index (κ3) is 17.0. The molecular weight excluding hydrogens is 1160 g/mol. The molecule has 22 heteroatoms. The van der Waals surface area contributed by atoms with Crippen LogP contribution in [-0.2, 0) is 31.7 Å². The molecule has 468 valence electrons. The number of halogens is 1. The highest BCUT2D eigenvalue weighted by Gasteiger charge is 2.42. The van der Waals surface area contributed by atoms with Crippen molar-refractivity contribution in [2.24, 2.45) is 0 Å². The van der Waals surface area contributed by atoms with Gasteiger partial charge >= 0.3 is 0 Å². The number of hydrogen-bond donors (Lipinski definition) is 1. The minimum absolute atomic E-state index is 0.00148. The van der Waals surface area contributed by atoms with Crippen LogP contribution in [0.3, 0.4) is 0 Å². The van der Waals surface area contributed by atoms with E-state index in [0.29, 0.717) is 89.5 Å². The number of unbranched alkanes of at least 4 members (excludes halogenated alkanes) is 2. The van der Waals surface area contributed by atoms with Gasteiger partial charge < -0.3 is 37.4 Å². The third-order valence-electron chi connectivity index (χ3n) is 16.5. The summed E-state index contributed by atoms with van der Waals surface area (Å²) in [4.78, 5) is 66.3. The van der Waals surface area contributed by atoms with E-state index in [-0.39, 0.29) is 63.8 Å². The maximum absolute atomic E-state index is 17.0. The number of aryl methyl sites for hydroxylation is 1. The Morgan fingerprint density at radius 3 is 2.05 bits per heavy atom. The second kappa shape index (κ2) is 28.1. The normalized spacial score (nSPS) is 13.7. The molecule has 1 amide bonds. The van der Waals surface area contributed by atoms with Crippen LogP contribution in [0.25, 0.3) is 55.6 Å². The maximum Gasteiger partial charge on any atom is 0.290 e. The van der Waals surface area contributed by atoms with Crippen LogP contribution in [0.15, 0.2) is 91.7 Å². The zero-order valence-electron chi connectivity index (χ0n) is 53.8. The van der Waals surface area contributed by atoms with Crippen molar-refractivity contribution >= 4 is 71.7 Å². The summed E-state index contributed by atoms with van der Waals surface area (Å²) in [5.41, 5.74) is 1.66. The number of hydrogen-bond acceptors (Lipinski definition) is 13. The number of amides is 1. The Bertz CT molecular complexity index is 3670. The fraction of sp³-hybridized carbons (Fsp3) is 0.531. The van der Waals surface area contributed by atoms with Gasteiger partial charge in [0.15, 0.2) is 20.7 Å². The smallest absolute Gasteiger partial charge is 0.290 e. The number of carbonyl (C=O) groups excluding carboxylic acids is 1. The summed E-state index contributed by atoms with van der Waals surface area (Å²) < 4.78 is 62.6. The highest BCUT2D eigenvalue weighted by molar-refractivity contribution is 6.76. The van der Waals surface area contributed by atoms with Crippen molar-refractivity contribution in [2.75, 3.05) is 39.8 Å². The van der Waals surface area contributed by atoms with Crippen LogP contribution in [0.4, 0.5) is 4.39 Å². The summed E-state index contributed by atoms with van der Waals surface area (Å²) in [5.74, 6) is -0.411. The number of aromatic nitrogens is 5. The summed E-state index contributed by atoms with van der Waals surface area (Å²) in [6, 6.07) is 22.4. The molecule has 0 unspecified atom stereocenters. The lowest BCUT2D eigenvalue weighted by Crippen LogP contribution is -2.49. The molecule has 0 spiro atoms. The second-order valence-corrected chi connectivity index (χ2v) is 48.7. The van der Waals surface area contributed by atoms with E-state index in [4.69, 9.17) is 37.4 Å². The van der Waals surface area contributed by atoms with Crippen molar-refractivity contribution in [1.82, 2.24) is 29.3 Å². The van der Waals surface area contributed by atoms with Crippen LogP contribution in [0.1, 0.15) is 90.4 Å². The summed E-state index contributed by atoms with van der Waals surface area (Å²) in [6.45, 7) is 38.2. The standard InChI is InChI=1S/C44H76FN3O7Si4.C20H17N3O4/c1-43(2,3)58(13,14)54-27-19-17-18-26-48(55-59(15,16)44(4,5)6)41(49)35-23-20-22-34(38(35)45)39-42(50)47(32-51-28-30-56(7,8)9)36-24-21-25-37(40(36)46-39)53-33-52-29-31-57(10,11)12;24-19-16-12-6-4-7-13-18(12)27-23(20(13)25)10-2-1-3-11-26-15-9-5-8-14(21-19)17(15)22-16/h20-25H,17-19,26-33H2,1-16H3;4-9H,1-3,10-11H2,(H,21,24). The Labute approximate surface area is 510 Å². The third-order valence-corrected chi connectivity index (χ3v) is 28.7. The van der Waals surface area contributed by atoms with E-state index in [1.165, 1.54) is 26.5 Å². The quantitative estimate of drug-likeness (QED) is 0.0292. The number of para-hydroxylation sites is 3. The fourth-order valence-corrected chi connectivity index (χ4v) is 12.5. The van der Waals surface area contributed by atoms with E-state index in [2.05, 4.69) is 117 Å². The van der Waals surface area contributed by atoms with Gasteiger partial charge in [-0.25, -0.2) is 19.4 Å². The van der Waals surface area contributed by atoms with Crippen LogP contribution in [0.2, 0.25) is 87.6 Å². The van der Waals surface area contributed by atoms with Crippen molar-refractivity contribution in [3.8, 4) is 34.0 Å². The summed E-state index contributed by atoms with van der Waals surface area (Å²) in [6.07, 6.45) is 4.89. The summed E-state index contributed by atoms with van der Waals surface area (Å²) in [7, 11) is -7.10. The van der Waals surface area contributed by atoms with Crippen LogP contribution in [0, 0.1) is 5.82 Å². The van der Waals surface area contributed by atoms with Crippen LogP contribution in [-0.4, -0.2) is 108 Å². The van der Waals surface area contributed by atoms with E-state index >= 15 is 4.39 Å². The topological polar surface area (TPSA) is 191 Å². The number of nitrogens with zero attached hydrogens (tertiary/aromatic N) is 5. The van der Waals surface area contributed by atoms with Gasteiger partial charge in [-0.1, -0.05) is 105 Å². The lowest BCUT2D eigenvalue weighted by Gasteiger charge is -2.39. The van der Waals surface area contributed by atoms with Gasteiger partial charge in [-0.15, -0.1) is 0 Å². The van der Waals surface area contributed by atoms with E-state index in [0.717, 1.165) is 44.2 Å². The first kappa shape index (κ1) is 67.6. The Morgan fingerprint density at radius 1 is 0.698 bits per heavy atom. The molecule has 4 bridgehead atoms. The molecule has 0 fully saturated rings. The Kier molecular flexibility index (Phi) is 22.1. The van der Waals surface area contributed by atoms with Crippen LogP contribution < -0.4 is 26.2 Å². The van der Waals surface area contributed by atoms with E-state index in [9.17, 15) is 19.2 Å². The number of H-pyrrole nitrogens is 1. The maximum atomic E-state index is 17.0. The minimum Gasteiger partial charge on any atom is -0.491 e. The molecule has 0 atom stereocenters. The Hall–Kier alpha value is -5.86. The lowest BCUT2D eigenvalue weighted by molar-refractivity contribution is -0.0460. The molecule has 17 nitrogen and oxygen atoms in total. The monoisotopic (exact) mass is 1250 g/mol.